The number of rotatable bonds is 7. The van der Waals surface area contributed by atoms with Crippen molar-refractivity contribution in [3.05, 3.63) is 107 Å². The molecule has 0 bridgehead atoms. The van der Waals surface area contributed by atoms with Gasteiger partial charge in [0.15, 0.2) is 5.16 Å². The largest absolute Gasteiger partial charge is 0.467 e. The van der Waals surface area contributed by atoms with Crippen molar-refractivity contribution in [1.82, 2.24) is 19.7 Å². The summed E-state index contributed by atoms with van der Waals surface area (Å²) in [5.41, 5.74) is 3.23. The molecule has 0 aliphatic rings. The van der Waals surface area contributed by atoms with E-state index in [1.54, 1.807) is 24.2 Å². The van der Waals surface area contributed by atoms with Gasteiger partial charge in [-0.05, 0) is 41.5 Å². The van der Waals surface area contributed by atoms with Gasteiger partial charge < -0.3 is 4.42 Å². The van der Waals surface area contributed by atoms with E-state index in [2.05, 4.69) is 31.9 Å². The van der Waals surface area contributed by atoms with Gasteiger partial charge in [-0.2, -0.15) is 0 Å². The zero-order valence-corrected chi connectivity index (χ0v) is 18.2. The fraction of sp³-hybridized carbons (Fsp3) is 0.125. The van der Waals surface area contributed by atoms with Gasteiger partial charge in [-0.1, -0.05) is 59.8 Å². The number of thioether (sulfide) groups is 1. The van der Waals surface area contributed by atoms with Crippen LogP contribution in [-0.2, 0) is 18.7 Å². The van der Waals surface area contributed by atoms with E-state index in [4.69, 9.17) is 16.0 Å². The van der Waals surface area contributed by atoms with E-state index in [0.29, 0.717) is 23.7 Å². The molecule has 3 heterocycles. The molecule has 2 aromatic carbocycles. The molecule has 3 aromatic heterocycles. The van der Waals surface area contributed by atoms with Crippen molar-refractivity contribution in [3.63, 3.8) is 0 Å². The number of hydrogen-bond donors (Lipinski definition) is 0. The minimum absolute atomic E-state index is 0.587. The third-order valence-corrected chi connectivity index (χ3v) is 6.39. The van der Waals surface area contributed by atoms with E-state index in [-0.39, 0.29) is 0 Å². The highest BCUT2D eigenvalue weighted by Crippen LogP contribution is 2.30. The molecule has 0 fully saturated rings. The van der Waals surface area contributed by atoms with Gasteiger partial charge in [-0.3, -0.25) is 9.55 Å². The van der Waals surface area contributed by atoms with E-state index in [1.165, 1.54) is 5.56 Å². The van der Waals surface area contributed by atoms with Gasteiger partial charge in [0.05, 0.1) is 18.3 Å². The van der Waals surface area contributed by atoms with Crippen LogP contribution in [0.4, 0.5) is 0 Å². The zero-order chi connectivity index (χ0) is 21.0. The Hall–Kier alpha value is -3.09. The fourth-order valence-corrected chi connectivity index (χ4v) is 4.66. The van der Waals surface area contributed by atoms with Crippen LogP contribution < -0.4 is 0 Å². The van der Waals surface area contributed by atoms with Gasteiger partial charge >= 0.3 is 0 Å². The lowest BCUT2D eigenvalue weighted by Crippen LogP contribution is -2.07. The minimum atomic E-state index is 0.587. The van der Waals surface area contributed by atoms with Crippen molar-refractivity contribution in [3.8, 4) is 0 Å². The monoisotopic (exact) mass is 446 g/mol. The lowest BCUT2D eigenvalue weighted by Gasteiger charge is -2.10. The van der Waals surface area contributed by atoms with Crippen LogP contribution in [-0.4, -0.2) is 19.7 Å². The fourth-order valence-electron chi connectivity index (χ4n) is 3.51. The standard InChI is InChI=1S/C24H19ClN4OS/c25-21-11-10-18(23-20(21)9-4-12-26-23)16-31-24-28-27-22(14-17-6-2-1-3-7-17)29(24)15-19-8-5-13-30-19/h1-13H,14-16H2. The van der Waals surface area contributed by atoms with Crippen LogP contribution in [0, 0.1) is 0 Å². The third-order valence-electron chi connectivity index (χ3n) is 5.05. The molecule has 31 heavy (non-hydrogen) atoms. The summed E-state index contributed by atoms with van der Waals surface area (Å²) in [4.78, 5) is 4.54. The quantitative estimate of drug-likeness (QED) is 0.287. The highest BCUT2D eigenvalue weighted by atomic mass is 35.5. The number of fused-ring (bicyclic) bond motifs is 1. The summed E-state index contributed by atoms with van der Waals surface area (Å²) >= 11 is 7.99. The SMILES string of the molecule is Clc1ccc(CSc2nnc(Cc3ccccc3)n2Cc2ccco2)c2ncccc12. The summed E-state index contributed by atoms with van der Waals surface area (Å²) in [7, 11) is 0. The number of aromatic nitrogens is 4. The van der Waals surface area contributed by atoms with Gasteiger partial charge in [0.2, 0.25) is 0 Å². The van der Waals surface area contributed by atoms with Gasteiger partial charge in [-0.15, -0.1) is 10.2 Å². The molecule has 7 heteroatoms. The predicted octanol–water partition coefficient (Wildman–Crippen LogP) is 6.00. The topological polar surface area (TPSA) is 56.7 Å². The summed E-state index contributed by atoms with van der Waals surface area (Å²) < 4.78 is 7.72. The van der Waals surface area contributed by atoms with Crippen molar-refractivity contribution in [2.75, 3.05) is 0 Å². The summed E-state index contributed by atoms with van der Waals surface area (Å²) in [5.74, 6) is 2.49. The number of benzene rings is 2. The summed E-state index contributed by atoms with van der Waals surface area (Å²) in [5, 5.41) is 11.5. The Bertz CT molecular complexity index is 1300. The summed E-state index contributed by atoms with van der Waals surface area (Å²) in [6.07, 6.45) is 4.19. The maximum absolute atomic E-state index is 6.35. The molecule has 0 N–H and O–H groups in total. The van der Waals surface area contributed by atoms with E-state index in [9.17, 15) is 0 Å². The first-order valence-corrected chi connectivity index (χ1v) is 11.3. The molecule has 0 aliphatic carbocycles. The third kappa shape index (κ3) is 4.36. The first-order valence-electron chi connectivity index (χ1n) is 9.91. The Balaban J connectivity index is 1.44. The predicted molar refractivity (Wildman–Crippen MR) is 123 cm³/mol. The van der Waals surface area contributed by atoms with Gasteiger partial charge in [-0.25, -0.2) is 0 Å². The average molecular weight is 447 g/mol. The molecule has 0 unspecified atom stereocenters. The smallest absolute Gasteiger partial charge is 0.191 e. The second-order valence-electron chi connectivity index (χ2n) is 7.12. The zero-order valence-electron chi connectivity index (χ0n) is 16.6. The molecule has 0 radical (unpaired) electrons. The van der Waals surface area contributed by atoms with Crippen molar-refractivity contribution in [2.24, 2.45) is 0 Å². The second kappa shape index (κ2) is 8.96. The Labute approximate surface area is 189 Å². The highest BCUT2D eigenvalue weighted by Gasteiger charge is 2.16. The maximum atomic E-state index is 6.35. The van der Waals surface area contributed by atoms with Crippen LogP contribution in [0.3, 0.4) is 0 Å². The normalized spacial score (nSPS) is 11.3. The van der Waals surface area contributed by atoms with Gasteiger partial charge in [0.25, 0.3) is 0 Å². The van der Waals surface area contributed by atoms with Crippen molar-refractivity contribution >= 4 is 34.3 Å². The van der Waals surface area contributed by atoms with Crippen LogP contribution in [0.25, 0.3) is 10.9 Å². The van der Waals surface area contributed by atoms with E-state index in [1.807, 2.05) is 54.6 Å². The highest BCUT2D eigenvalue weighted by molar-refractivity contribution is 7.98. The van der Waals surface area contributed by atoms with Crippen LogP contribution in [0.5, 0.6) is 0 Å². The number of furan rings is 1. The van der Waals surface area contributed by atoms with E-state index in [0.717, 1.165) is 33.2 Å². The van der Waals surface area contributed by atoms with Crippen LogP contribution in [0.2, 0.25) is 5.02 Å². The van der Waals surface area contributed by atoms with Crippen LogP contribution >= 0.6 is 23.4 Å². The lowest BCUT2D eigenvalue weighted by molar-refractivity contribution is 0.479. The number of halogens is 1. The Morgan fingerprint density at radius 1 is 0.935 bits per heavy atom. The Morgan fingerprint density at radius 3 is 2.68 bits per heavy atom. The van der Waals surface area contributed by atoms with Gasteiger partial charge in [0.1, 0.15) is 11.6 Å². The maximum Gasteiger partial charge on any atom is 0.191 e. The molecular formula is C24H19ClN4OS. The molecule has 154 valence electrons. The Morgan fingerprint density at radius 2 is 1.84 bits per heavy atom. The van der Waals surface area contributed by atoms with Crippen molar-refractivity contribution in [1.29, 1.82) is 0 Å². The molecule has 0 amide bonds. The van der Waals surface area contributed by atoms with Crippen LogP contribution in [0.15, 0.2) is 88.8 Å². The molecule has 0 aliphatic heterocycles. The van der Waals surface area contributed by atoms with Crippen LogP contribution in [0.1, 0.15) is 22.7 Å². The lowest BCUT2D eigenvalue weighted by atomic mass is 10.1. The summed E-state index contributed by atoms with van der Waals surface area (Å²) in [6.45, 7) is 0.587. The molecular weight excluding hydrogens is 428 g/mol. The molecule has 0 spiro atoms. The molecule has 0 saturated carbocycles. The second-order valence-corrected chi connectivity index (χ2v) is 8.47. The van der Waals surface area contributed by atoms with Crippen molar-refractivity contribution < 1.29 is 4.42 Å². The van der Waals surface area contributed by atoms with Gasteiger partial charge in [0, 0.05) is 28.8 Å². The molecule has 5 nitrogen and oxygen atoms in total. The van der Waals surface area contributed by atoms with E-state index >= 15 is 0 Å². The summed E-state index contributed by atoms with van der Waals surface area (Å²) in [6, 6.07) is 22.0. The average Bonchev–Trinajstić information content (AvgIpc) is 3.45. The Kier molecular flexibility index (Phi) is 5.74. The number of pyridine rings is 1. The molecule has 5 rings (SSSR count). The molecule has 5 aromatic rings. The molecule has 0 saturated heterocycles. The molecule has 0 atom stereocenters. The number of hydrogen-bond acceptors (Lipinski definition) is 5. The van der Waals surface area contributed by atoms with E-state index < -0.39 is 0 Å². The minimum Gasteiger partial charge on any atom is -0.467 e. The number of nitrogens with zero attached hydrogens (tertiary/aromatic N) is 4. The van der Waals surface area contributed by atoms with Crippen molar-refractivity contribution in [2.45, 2.75) is 23.9 Å². The first kappa shape index (κ1) is 19.8. The first-order chi connectivity index (χ1) is 15.3.